The molecule has 1 aliphatic rings. The van der Waals surface area contributed by atoms with Crippen LogP contribution in [0.25, 0.3) is 11.3 Å². The second kappa shape index (κ2) is 8.47. The first-order chi connectivity index (χ1) is 14.0. The zero-order valence-corrected chi connectivity index (χ0v) is 19.1. The molecule has 30 heavy (non-hydrogen) atoms. The fourth-order valence-electron chi connectivity index (χ4n) is 3.34. The fourth-order valence-corrected chi connectivity index (χ4v) is 3.73. The molecule has 1 amide bonds. The van der Waals surface area contributed by atoms with Crippen LogP contribution >= 0.6 is 23.2 Å². The van der Waals surface area contributed by atoms with Gasteiger partial charge in [0.15, 0.2) is 5.82 Å². The van der Waals surface area contributed by atoms with Gasteiger partial charge in [-0.1, -0.05) is 35.3 Å². The quantitative estimate of drug-likeness (QED) is 0.687. The number of piperidine rings is 1. The number of aromatic nitrogens is 2. The Hall–Kier alpha value is -2.25. The number of carbonyl (C=O) groups is 1. The number of nitrogens with two attached hydrogens (primary N) is 1. The van der Waals surface area contributed by atoms with Crippen molar-refractivity contribution in [2.45, 2.75) is 51.7 Å². The fraction of sp³-hybridized carbons (Fsp3) is 0.476. The van der Waals surface area contributed by atoms with Crippen LogP contribution in [0.15, 0.2) is 24.4 Å². The smallest absolute Gasteiger partial charge is 0.408 e. The van der Waals surface area contributed by atoms with Crippen molar-refractivity contribution in [3.8, 4) is 11.3 Å². The number of carbonyl (C=O) groups excluding carboxylic acids is 1. The molecule has 0 bridgehead atoms. The standard InChI is InChI=1S/C21H27Cl2N5O2/c1-20(2,3)30-19(29)27-21(4)8-10-28(11-9-21)15-12-25-17(18(24)26-15)13-6-5-7-14(22)16(13)23/h5-7,12H,8-11H2,1-4H3,(H2,24,26)(H,27,29). The predicted octanol–water partition coefficient (Wildman–Crippen LogP) is 4.92. The molecule has 3 N–H and O–H groups in total. The summed E-state index contributed by atoms with van der Waals surface area (Å²) < 4.78 is 5.38. The molecular formula is C21H27Cl2N5O2. The van der Waals surface area contributed by atoms with E-state index in [1.165, 1.54) is 0 Å². The normalized spacial score (nSPS) is 16.3. The molecule has 0 unspecified atom stereocenters. The molecule has 7 nitrogen and oxygen atoms in total. The highest BCUT2D eigenvalue weighted by molar-refractivity contribution is 6.43. The summed E-state index contributed by atoms with van der Waals surface area (Å²) in [5.41, 5.74) is 6.46. The zero-order chi connectivity index (χ0) is 22.1. The molecule has 0 spiro atoms. The van der Waals surface area contributed by atoms with Gasteiger partial charge in [0.05, 0.1) is 16.2 Å². The number of benzene rings is 1. The summed E-state index contributed by atoms with van der Waals surface area (Å²) in [7, 11) is 0. The third-order valence-electron chi connectivity index (χ3n) is 4.99. The second-order valence-corrected chi connectivity index (χ2v) is 9.52. The lowest BCUT2D eigenvalue weighted by molar-refractivity contribution is 0.0448. The highest BCUT2D eigenvalue weighted by Gasteiger charge is 2.33. The zero-order valence-electron chi connectivity index (χ0n) is 17.6. The van der Waals surface area contributed by atoms with Gasteiger partial charge in [0.1, 0.15) is 17.1 Å². The third-order valence-corrected chi connectivity index (χ3v) is 5.81. The Bertz CT molecular complexity index is 937. The highest BCUT2D eigenvalue weighted by atomic mass is 35.5. The highest BCUT2D eigenvalue weighted by Crippen LogP contribution is 2.35. The first-order valence-electron chi connectivity index (χ1n) is 9.80. The summed E-state index contributed by atoms with van der Waals surface area (Å²) in [6.07, 6.45) is 2.78. The molecule has 162 valence electrons. The first-order valence-corrected chi connectivity index (χ1v) is 10.6. The number of rotatable bonds is 3. The monoisotopic (exact) mass is 451 g/mol. The Kier molecular flexibility index (Phi) is 6.34. The van der Waals surface area contributed by atoms with E-state index in [2.05, 4.69) is 20.2 Å². The molecule has 2 aromatic rings. The van der Waals surface area contributed by atoms with Crippen LogP contribution in [0.3, 0.4) is 0 Å². The number of nitrogens with zero attached hydrogens (tertiary/aromatic N) is 3. The van der Waals surface area contributed by atoms with Gasteiger partial charge in [0.25, 0.3) is 0 Å². The number of hydrogen-bond donors (Lipinski definition) is 2. The second-order valence-electron chi connectivity index (χ2n) is 8.74. The Morgan fingerprint density at radius 3 is 2.53 bits per heavy atom. The number of ether oxygens (including phenoxy) is 1. The molecule has 0 saturated carbocycles. The van der Waals surface area contributed by atoms with Crippen molar-refractivity contribution >= 4 is 40.9 Å². The Morgan fingerprint density at radius 1 is 1.27 bits per heavy atom. The summed E-state index contributed by atoms with van der Waals surface area (Å²) >= 11 is 12.4. The van der Waals surface area contributed by atoms with Gasteiger partial charge < -0.3 is 20.7 Å². The maximum absolute atomic E-state index is 12.1. The first kappa shape index (κ1) is 22.4. The van der Waals surface area contributed by atoms with E-state index in [9.17, 15) is 4.79 Å². The number of alkyl carbamates (subject to hydrolysis) is 1. The van der Waals surface area contributed by atoms with Crippen molar-refractivity contribution in [1.29, 1.82) is 0 Å². The van der Waals surface area contributed by atoms with Crippen molar-refractivity contribution in [1.82, 2.24) is 15.3 Å². The van der Waals surface area contributed by atoms with Crippen LogP contribution < -0.4 is 16.0 Å². The van der Waals surface area contributed by atoms with Crippen LogP contribution in [0, 0.1) is 0 Å². The van der Waals surface area contributed by atoms with E-state index < -0.39 is 11.7 Å². The van der Waals surface area contributed by atoms with E-state index >= 15 is 0 Å². The number of hydrogen-bond acceptors (Lipinski definition) is 6. The maximum atomic E-state index is 12.1. The molecule has 0 radical (unpaired) electrons. The molecule has 9 heteroatoms. The number of halogens is 2. The number of anilines is 2. The predicted molar refractivity (Wildman–Crippen MR) is 121 cm³/mol. The summed E-state index contributed by atoms with van der Waals surface area (Å²) in [4.78, 5) is 23.3. The van der Waals surface area contributed by atoms with Crippen LogP contribution in [0.2, 0.25) is 10.0 Å². The van der Waals surface area contributed by atoms with Gasteiger partial charge in [-0.25, -0.2) is 14.8 Å². The summed E-state index contributed by atoms with van der Waals surface area (Å²) in [6.45, 7) is 8.98. The van der Waals surface area contributed by atoms with E-state index in [1.807, 2.05) is 33.8 Å². The Morgan fingerprint density at radius 2 is 1.93 bits per heavy atom. The number of nitrogens with one attached hydrogen (secondary N) is 1. The van der Waals surface area contributed by atoms with E-state index in [0.29, 0.717) is 40.2 Å². The average molecular weight is 452 g/mol. The average Bonchev–Trinajstić information content (AvgIpc) is 2.63. The lowest BCUT2D eigenvalue weighted by Gasteiger charge is -2.40. The molecule has 1 saturated heterocycles. The lowest BCUT2D eigenvalue weighted by Crippen LogP contribution is -2.54. The van der Waals surface area contributed by atoms with Crippen molar-refractivity contribution in [2.24, 2.45) is 0 Å². The summed E-state index contributed by atoms with van der Waals surface area (Å²) in [6, 6.07) is 5.31. The molecule has 1 aliphatic heterocycles. The van der Waals surface area contributed by atoms with Crippen LogP contribution in [-0.4, -0.2) is 40.3 Å². The summed E-state index contributed by atoms with van der Waals surface area (Å²) in [5.74, 6) is 0.977. The van der Waals surface area contributed by atoms with E-state index in [0.717, 1.165) is 12.8 Å². The van der Waals surface area contributed by atoms with Crippen LogP contribution in [0.1, 0.15) is 40.5 Å². The molecule has 1 fully saturated rings. The topological polar surface area (TPSA) is 93.4 Å². The molecule has 0 atom stereocenters. The van der Waals surface area contributed by atoms with Gasteiger partial charge >= 0.3 is 6.09 Å². The maximum Gasteiger partial charge on any atom is 0.408 e. The molecule has 0 aliphatic carbocycles. The van der Waals surface area contributed by atoms with E-state index in [1.54, 1.807) is 18.3 Å². The minimum atomic E-state index is -0.526. The van der Waals surface area contributed by atoms with Gasteiger partial charge in [-0.15, -0.1) is 0 Å². The molecular weight excluding hydrogens is 425 g/mol. The SMILES string of the molecule is CC1(NC(=O)OC(C)(C)C)CCN(c2cnc(-c3cccc(Cl)c3Cl)c(N)n2)CC1. The molecule has 3 rings (SSSR count). The van der Waals surface area contributed by atoms with Crippen LogP contribution in [-0.2, 0) is 4.74 Å². The molecule has 1 aromatic heterocycles. The molecule has 1 aromatic carbocycles. The van der Waals surface area contributed by atoms with Gasteiger partial charge in [0, 0.05) is 24.2 Å². The minimum Gasteiger partial charge on any atom is -0.444 e. The van der Waals surface area contributed by atoms with Gasteiger partial charge in [-0.3, -0.25) is 0 Å². The van der Waals surface area contributed by atoms with Crippen molar-refractivity contribution in [3.05, 3.63) is 34.4 Å². The van der Waals surface area contributed by atoms with E-state index in [-0.39, 0.29) is 11.4 Å². The third kappa shape index (κ3) is 5.26. The van der Waals surface area contributed by atoms with Crippen molar-refractivity contribution in [2.75, 3.05) is 23.7 Å². The van der Waals surface area contributed by atoms with Crippen LogP contribution in [0.4, 0.5) is 16.4 Å². The minimum absolute atomic E-state index is 0.289. The number of amides is 1. The van der Waals surface area contributed by atoms with Gasteiger partial charge in [-0.2, -0.15) is 0 Å². The van der Waals surface area contributed by atoms with Crippen molar-refractivity contribution < 1.29 is 9.53 Å². The summed E-state index contributed by atoms with van der Waals surface area (Å²) in [5, 5.41) is 3.84. The Labute approximate surface area is 186 Å². The van der Waals surface area contributed by atoms with E-state index in [4.69, 9.17) is 33.7 Å². The lowest BCUT2D eigenvalue weighted by atomic mass is 9.90. The van der Waals surface area contributed by atoms with Crippen LogP contribution in [0.5, 0.6) is 0 Å². The van der Waals surface area contributed by atoms with Gasteiger partial charge in [-0.05, 0) is 46.6 Å². The largest absolute Gasteiger partial charge is 0.444 e. The number of nitrogen functional groups attached to an aromatic ring is 1. The van der Waals surface area contributed by atoms with Gasteiger partial charge in [0.2, 0.25) is 0 Å². The Balaban J connectivity index is 1.68. The molecule has 2 heterocycles. The van der Waals surface area contributed by atoms with Crippen molar-refractivity contribution in [3.63, 3.8) is 0 Å².